The Labute approximate surface area is 95.4 Å². The normalized spacial score (nSPS) is 10.9. The molecule has 1 rings (SSSR count). The van der Waals surface area contributed by atoms with Gasteiger partial charge >= 0.3 is 5.97 Å². The minimum Gasteiger partial charge on any atom is -0.497 e. The van der Waals surface area contributed by atoms with Crippen LogP contribution in [0.1, 0.15) is 19.4 Å². The lowest BCUT2D eigenvalue weighted by atomic mass is 9.81. The molecule has 0 aliphatic heterocycles. The summed E-state index contributed by atoms with van der Waals surface area (Å²) in [7, 11) is 1.59. The minimum atomic E-state index is -0.964. The Morgan fingerprint density at radius 1 is 1.31 bits per heavy atom. The van der Waals surface area contributed by atoms with E-state index in [9.17, 15) is 4.79 Å². The van der Waals surface area contributed by atoms with Crippen LogP contribution in [0.25, 0.3) is 5.57 Å². The van der Waals surface area contributed by atoms with Crippen molar-refractivity contribution < 1.29 is 14.6 Å². The summed E-state index contributed by atoms with van der Waals surface area (Å²) in [6, 6.07) is 7.20. The maximum Gasteiger partial charge on any atom is 0.313 e. The Morgan fingerprint density at radius 2 is 1.81 bits per heavy atom. The summed E-state index contributed by atoms with van der Waals surface area (Å²) in [6.07, 6.45) is 0. The smallest absolute Gasteiger partial charge is 0.313 e. The van der Waals surface area contributed by atoms with E-state index in [2.05, 4.69) is 6.58 Å². The van der Waals surface area contributed by atoms with E-state index in [0.29, 0.717) is 5.57 Å². The number of hydrogen-bond acceptors (Lipinski definition) is 2. The number of carboxylic acid groups (broad SMARTS) is 1. The van der Waals surface area contributed by atoms with Crippen LogP contribution in [0.5, 0.6) is 5.75 Å². The predicted octanol–water partition coefficient (Wildman–Crippen LogP) is 2.82. The van der Waals surface area contributed by atoms with Crippen molar-refractivity contribution in [1.82, 2.24) is 0 Å². The monoisotopic (exact) mass is 220 g/mol. The molecule has 3 nitrogen and oxygen atoms in total. The van der Waals surface area contributed by atoms with Gasteiger partial charge in [-0.05, 0) is 37.1 Å². The van der Waals surface area contributed by atoms with Crippen molar-refractivity contribution in [3.8, 4) is 5.75 Å². The molecule has 86 valence electrons. The molecule has 0 aliphatic carbocycles. The SMILES string of the molecule is C=C(c1ccc(OC)cc1)C(C)(C)C(=O)O. The van der Waals surface area contributed by atoms with E-state index >= 15 is 0 Å². The molecule has 16 heavy (non-hydrogen) atoms. The molecule has 1 aromatic rings. The second kappa shape index (κ2) is 4.39. The van der Waals surface area contributed by atoms with Crippen LogP contribution in [-0.4, -0.2) is 18.2 Å². The van der Waals surface area contributed by atoms with E-state index in [0.717, 1.165) is 11.3 Å². The van der Waals surface area contributed by atoms with Gasteiger partial charge in [-0.1, -0.05) is 18.7 Å². The molecule has 0 atom stereocenters. The molecule has 0 saturated heterocycles. The quantitative estimate of drug-likeness (QED) is 0.848. The third-order valence-corrected chi connectivity index (χ3v) is 2.73. The molecule has 0 heterocycles. The van der Waals surface area contributed by atoms with E-state index in [1.54, 1.807) is 33.1 Å². The zero-order valence-electron chi connectivity index (χ0n) is 9.78. The van der Waals surface area contributed by atoms with E-state index in [1.165, 1.54) is 0 Å². The van der Waals surface area contributed by atoms with Crippen LogP contribution in [0.4, 0.5) is 0 Å². The highest BCUT2D eigenvalue weighted by molar-refractivity contribution is 5.90. The number of aliphatic carboxylic acids is 1. The van der Waals surface area contributed by atoms with Gasteiger partial charge in [0.25, 0.3) is 0 Å². The Bertz CT molecular complexity index is 402. The number of hydrogen-bond donors (Lipinski definition) is 1. The summed E-state index contributed by atoms with van der Waals surface area (Å²) in [6.45, 7) is 7.13. The maximum absolute atomic E-state index is 11.1. The number of ether oxygens (including phenoxy) is 1. The molecule has 0 fully saturated rings. The molecule has 3 heteroatoms. The number of rotatable bonds is 4. The third-order valence-electron chi connectivity index (χ3n) is 2.73. The standard InChI is InChI=1S/C13H16O3/c1-9(13(2,3)12(14)15)10-5-7-11(16-4)8-6-10/h5-8H,1H2,2-4H3,(H,14,15). The van der Waals surface area contributed by atoms with Gasteiger partial charge in [-0.3, -0.25) is 4.79 Å². The Hall–Kier alpha value is -1.77. The van der Waals surface area contributed by atoms with Crippen LogP contribution in [0.15, 0.2) is 30.8 Å². The van der Waals surface area contributed by atoms with Gasteiger partial charge in [0.2, 0.25) is 0 Å². The van der Waals surface area contributed by atoms with Gasteiger partial charge in [0.1, 0.15) is 5.75 Å². The molecule has 0 aliphatic rings. The molecule has 0 spiro atoms. The summed E-state index contributed by atoms with van der Waals surface area (Å²) in [5.74, 6) is -0.141. The predicted molar refractivity (Wildman–Crippen MR) is 63.4 cm³/mol. The number of methoxy groups -OCH3 is 1. The van der Waals surface area contributed by atoms with Crippen molar-refractivity contribution >= 4 is 11.5 Å². The van der Waals surface area contributed by atoms with Crippen LogP contribution in [-0.2, 0) is 4.79 Å². The summed E-state index contributed by atoms with van der Waals surface area (Å²) in [5, 5.41) is 9.09. The lowest BCUT2D eigenvalue weighted by Crippen LogP contribution is -2.24. The molecular formula is C13H16O3. The lowest BCUT2D eigenvalue weighted by Gasteiger charge is -2.22. The van der Waals surface area contributed by atoms with Gasteiger partial charge < -0.3 is 9.84 Å². The van der Waals surface area contributed by atoms with Gasteiger partial charge in [0.05, 0.1) is 12.5 Å². The highest BCUT2D eigenvalue weighted by Gasteiger charge is 2.31. The van der Waals surface area contributed by atoms with Gasteiger partial charge in [0.15, 0.2) is 0 Å². The molecule has 0 unspecified atom stereocenters. The van der Waals surface area contributed by atoms with Crippen molar-refractivity contribution in [2.75, 3.05) is 7.11 Å². The van der Waals surface area contributed by atoms with Crippen LogP contribution >= 0.6 is 0 Å². The number of carboxylic acids is 1. The van der Waals surface area contributed by atoms with Gasteiger partial charge in [-0.15, -0.1) is 0 Å². The second-order valence-electron chi connectivity index (χ2n) is 4.14. The van der Waals surface area contributed by atoms with Gasteiger partial charge in [-0.2, -0.15) is 0 Å². The highest BCUT2D eigenvalue weighted by Crippen LogP contribution is 2.33. The third kappa shape index (κ3) is 2.24. The van der Waals surface area contributed by atoms with Crippen molar-refractivity contribution in [2.24, 2.45) is 5.41 Å². The topological polar surface area (TPSA) is 46.5 Å². The highest BCUT2D eigenvalue weighted by atomic mass is 16.5. The Morgan fingerprint density at radius 3 is 2.19 bits per heavy atom. The van der Waals surface area contributed by atoms with Crippen LogP contribution < -0.4 is 4.74 Å². The largest absolute Gasteiger partial charge is 0.497 e. The molecule has 0 radical (unpaired) electrons. The fourth-order valence-electron chi connectivity index (χ4n) is 1.28. The summed E-state index contributed by atoms with van der Waals surface area (Å²) >= 11 is 0. The fraction of sp³-hybridized carbons (Fsp3) is 0.308. The Balaban J connectivity index is 3.01. The van der Waals surface area contributed by atoms with Crippen molar-refractivity contribution in [1.29, 1.82) is 0 Å². The first-order chi connectivity index (χ1) is 7.39. The van der Waals surface area contributed by atoms with E-state index in [-0.39, 0.29) is 0 Å². The summed E-state index contributed by atoms with van der Waals surface area (Å²) < 4.78 is 5.04. The summed E-state index contributed by atoms with van der Waals surface area (Å²) in [5.41, 5.74) is 0.435. The molecule has 0 aromatic heterocycles. The van der Waals surface area contributed by atoms with Crippen LogP contribution in [0, 0.1) is 5.41 Å². The second-order valence-corrected chi connectivity index (χ2v) is 4.14. The molecule has 0 bridgehead atoms. The zero-order valence-corrected chi connectivity index (χ0v) is 9.78. The van der Waals surface area contributed by atoms with Gasteiger partial charge in [-0.25, -0.2) is 0 Å². The van der Waals surface area contributed by atoms with Crippen molar-refractivity contribution in [3.63, 3.8) is 0 Å². The van der Waals surface area contributed by atoms with E-state index in [4.69, 9.17) is 9.84 Å². The molecule has 0 saturated carbocycles. The van der Waals surface area contributed by atoms with E-state index in [1.807, 2.05) is 12.1 Å². The fourth-order valence-corrected chi connectivity index (χ4v) is 1.28. The zero-order chi connectivity index (χ0) is 12.3. The average molecular weight is 220 g/mol. The first kappa shape index (κ1) is 12.3. The summed E-state index contributed by atoms with van der Waals surface area (Å²) in [4.78, 5) is 11.1. The maximum atomic E-state index is 11.1. The molecule has 0 amide bonds. The van der Waals surface area contributed by atoms with Crippen LogP contribution in [0.3, 0.4) is 0 Å². The number of benzene rings is 1. The average Bonchev–Trinajstić information content (AvgIpc) is 2.28. The Kier molecular flexibility index (Phi) is 3.38. The lowest BCUT2D eigenvalue weighted by molar-refractivity contribution is -0.143. The molecule has 1 aromatic carbocycles. The van der Waals surface area contributed by atoms with Crippen molar-refractivity contribution in [2.45, 2.75) is 13.8 Å². The molecular weight excluding hydrogens is 204 g/mol. The van der Waals surface area contributed by atoms with Crippen LogP contribution in [0.2, 0.25) is 0 Å². The molecule has 1 N–H and O–H groups in total. The van der Waals surface area contributed by atoms with E-state index < -0.39 is 11.4 Å². The van der Waals surface area contributed by atoms with Crippen molar-refractivity contribution in [3.05, 3.63) is 36.4 Å². The minimum absolute atomic E-state index is 0.586. The number of carbonyl (C=O) groups is 1. The van der Waals surface area contributed by atoms with Gasteiger partial charge in [0, 0.05) is 0 Å². The first-order valence-electron chi connectivity index (χ1n) is 4.97. The first-order valence-corrected chi connectivity index (χ1v) is 4.97.